The van der Waals surface area contributed by atoms with Gasteiger partial charge in [0.25, 0.3) is 0 Å². The van der Waals surface area contributed by atoms with Crippen molar-refractivity contribution in [2.45, 2.75) is 39.5 Å². The predicted octanol–water partition coefficient (Wildman–Crippen LogP) is 1.96. The molecule has 1 aromatic rings. The van der Waals surface area contributed by atoms with Gasteiger partial charge < -0.3 is 15.4 Å². The van der Waals surface area contributed by atoms with E-state index in [1.165, 1.54) is 7.11 Å². The molecule has 1 aliphatic rings. The number of carbonyl (C=O) groups excluding carboxylic acids is 3. The van der Waals surface area contributed by atoms with E-state index in [1.807, 2.05) is 6.92 Å². The largest absolute Gasteiger partial charge is 0.465 e. The Bertz CT molecular complexity index is 667. The molecular weight excluding hydrogens is 296 g/mol. The second-order valence-electron chi connectivity index (χ2n) is 5.68. The molecule has 0 unspecified atom stereocenters. The third-order valence-electron chi connectivity index (χ3n) is 4.18. The molecule has 2 rings (SSSR count). The molecule has 124 valence electrons. The van der Waals surface area contributed by atoms with Gasteiger partial charge in [0.15, 0.2) is 0 Å². The number of rotatable bonds is 5. The first-order valence-corrected chi connectivity index (χ1v) is 7.77. The summed E-state index contributed by atoms with van der Waals surface area (Å²) in [5.41, 5.74) is 8.01. The van der Waals surface area contributed by atoms with E-state index in [-0.39, 0.29) is 5.91 Å². The van der Waals surface area contributed by atoms with Crippen molar-refractivity contribution in [1.82, 2.24) is 0 Å². The normalized spacial score (nSPS) is 14.2. The summed E-state index contributed by atoms with van der Waals surface area (Å²) in [6, 6.07) is 1.65. The maximum absolute atomic E-state index is 12.2. The van der Waals surface area contributed by atoms with E-state index in [1.54, 1.807) is 17.9 Å². The molecule has 1 aliphatic heterocycles. The van der Waals surface area contributed by atoms with Crippen LogP contribution in [0.1, 0.15) is 58.0 Å². The first kappa shape index (κ1) is 17.0. The van der Waals surface area contributed by atoms with Crippen LogP contribution in [0.25, 0.3) is 0 Å². The number of methoxy groups -OCH3 is 1. The minimum atomic E-state index is -0.593. The van der Waals surface area contributed by atoms with Gasteiger partial charge >= 0.3 is 5.97 Å². The van der Waals surface area contributed by atoms with Crippen molar-refractivity contribution >= 4 is 23.5 Å². The fourth-order valence-corrected chi connectivity index (χ4v) is 3.14. The van der Waals surface area contributed by atoms with Gasteiger partial charge in [-0.3, -0.25) is 9.59 Å². The number of nitrogens with two attached hydrogens (primary N) is 1. The Hall–Kier alpha value is -2.37. The number of nitrogens with zero attached hydrogens (tertiary/aromatic N) is 1. The number of primary amides is 1. The van der Waals surface area contributed by atoms with Gasteiger partial charge in [0.2, 0.25) is 11.8 Å². The van der Waals surface area contributed by atoms with Crippen molar-refractivity contribution in [2.75, 3.05) is 18.6 Å². The van der Waals surface area contributed by atoms with E-state index in [4.69, 9.17) is 10.5 Å². The lowest BCUT2D eigenvalue weighted by molar-refractivity contribution is -0.117. The molecule has 0 radical (unpaired) electrons. The SMILES string of the molecule is CCCc1c(C(=O)OC)cc(N2CCCC2=O)c(C)c1C(N)=O. The van der Waals surface area contributed by atoms with Crippen LogP contribution < -0.4 is 10.6 Å². The van der Waals surface area contributed by atoms with Crippen LogP contribution in [0.5, 0.6) is 0 Å². The van der Waals surface area contributed by atoms with Crippen molar-refractivity contribution in [3.63, 3.8) is 0 Å². The molecule has 0 spiro atoms. The quantitative estimate of drug-likeness (QED) is 0.840. The third kappa shape index (κ3) is 3.06. The third-order valence-corrected chi connectivity index (χ3v) is 4.18. The van der Waals surface area contributed by atoms with Crippen LogP contribution >= 0.6 is 0 Å². The number of ether oxygens (including phenoxy) is 1. The molecule has 2 N–H and O–H groups in total. The van der Waals surface area contributed by atoms with Crippen LogP contribution in [0.2, 0.25) is 0 Å². The number of amides is 2. The molecule has 1 saturated heterocycles. The Balaban J connectivity index is 2.74. The molecule has 1 heterocycles. The molecule has 1 fully saturated rings. The summed E-state index contributed by atoms with van der Waals surface area (Å²) in [7, 11) is 1.29. The molecule has 0 saturated carbocycles. The second kappa shape index (κ2) is 6.81. The lowest BCUT2D eigenvalue weighted by Crippen LogP contribution is -2.28. The number of anilines is 1. The van der Waals surface area contributed by atoms with E-state index in [2.05, 4.69) is 0 Å². The average Bonchev–Trinajstić information content (AvgIpc) is 2.92. The lowest BCUT2D eigenvalue weighted by Gasteiger charge is -2.23. The van der Waals surface area contributed by atoms with Gasteiger partial charge in [-0.25, -0.2) is 4.79 Å². The van der Waals surface area contributed by atoms with Gasteiger partial charge in [-0.05, 0) is 37.0 Å². The highest BCUT2D eigenvalue weighted by molar-refractivity contribution is 6.05. The lowest BCUT2D eigenvalue weighted by atomic mass is 9.91. The van der Waals surface area contributed by atoms with Crippen molar-refractivity contribution in [1.29, 1.82) is 0 Å². The molecule has 0 atom stereocenters. The zero-order valence-electron chi connectivity index (χ0n) is 13.8. The number of benzene rings is 1. The van der Waals surface area contributed by atoms with Crippen molar-refractivity contribution in [3.8, 4) is 0 Å². The second-order valence-corrected chi connectivity index (χ2v) is 5.68. The fourth-order valence-electron chi connectivity index (χ4n) is 3.14. The minimum Gasteiger partial charge on any atom is -0.465 e. The molecule has 1 aromatic carbocycles. The van der Waals surface area contributed by atoms with Crippen molar-refractivity contribution in [2.24, 2.45) is 5.73 Å². The van der Waals surface area contributed by atoms with Crippen molar-refractivity contribution in [3.05, 3.63) is 28.3 Å². The monoisotopic (exact) mass is 318 g/mol. The first-order valence-electron chi connectivity index (χ1n) is 7.77. The van der Waals surface area contributed by atoms with Gasteiger partial charge in [-0.1, -0.05) is 13.3 Å². The molecule has 6 nitrogen and oxygen atoms in total. The summed E-state index contributed by atoms with van der Waals surface area (Å²) in [5.74, 6) is -1.13. The molecular formula is C17H22N2O4. The minimum absolute atomic E-state index is 0.0115. The number of hydrogen-bond donors (Lipinski definition) is 1. The van der Waals surface area contributed by atoms with Crippen LogP contribution in [-0.2, 0) is 16.0 Å². The number of hydrogen-bond acceptors (Lipinski definition) is 4. The summed E-state index contributed by atoms with van der Waals surface area (Å²) >= 11 is 0. The molecule has 6 heteroatoms. The van der Waals surface area contributed by atoms with E-state index in [0.29, 0.717) is 47.3 Å². The number of carbonyl (C=O) groups is 3. The molecule has 2 amide bonds. The molecule has 23 heavy (non-hydrogen) atoms. The summed E-state index contributed by atoms with van der Waals surface area (Å²) in [5, 5.41) is 0. The maximum Gasteiger partial charge on any atom is 0.338 e. The number of esters is 1. The highest BCUT2D eigenvalue weighted by atomic mass is 16.5. The Kier molecular flexibility index (Phi) is 5.03. The summed E-state index contributed by atoms with van der Waals surface area (Å²) in [6.45, 7) is 4.30. The van der Waals surface area contributed by atoms with Gasteiger partial charge in [0, 0.05) is 24.2 Å². The van der Waals surface area contributed by atoms with Gasteiger partial charge in [-0.15, -0.1) is 0 Å². The highest BCUT2D eigenvalue weighted by Gasteiger charge is 2.29. The van der Waals surface area contributed by atoms with E-state index in [0.717, 1.165) is 12.8 Å². The highest BCUT2D eigenvalue weighted by Crippen LogP contribution is 2.33. The van der Waals surface area contributed by atoms with Crippen LogP contribution in [0.4, 0.5) is 5.69 Å². The Morgan fingerprint density at radius 3 is 2.57 bits per heavy atom. The van der Waals surface area contributed by atoms with Crippen LogP contribution in [0, 0.1) is 6.92 Å². The molecule has 0 bridgehead atoms. The van der Waals surface area contributed by atoms with Crippen LogP contribution in [0.3, 0.4) is 0 Å². The zero-order valence-corrected chi connectivity index (χ0v) is 13.8. The smallest absolute Gasteiger partial charge is 0.338 e. The Morgan fingerprint density at radius 1 is 1.39 bits per heavy atom. The van der Waals surface area contributed by atoms with E-state index < -0.39 is 11.9 Å². The molecule has 0 aliphatic carbocycles. The Morgan fingerprint density at radius 2 is 2.09 bits per heavy atom. The van der Waals surface area contributed by atoms with Gasteiger partial charge in [0.05, 0.1) is 12.7 Å². The predicted molar refractivity (Wildman–Crippen MR) is 86.6 cm³/mol. The first-order chi connectivity index (χ1) is 10.9. The van der Waals surface area contributed by atoms with E-state index >= 15 is 0 Å². The van der Waals surface area contributed by atoms with E-state index in [9.17, 15) is 14.4 Å². The fraction of sp³-hybridized carbons (Fsp3) is 0.471. The van der Waals surface area contributed by atoms with Gasteiger partial charge in [0.1, 0.15) is 0 Å². The van der Waals surface area contributed by atoms with Crippen molar-refractivity contribution < 1.29 is 19.1 Å². The van der Waals surface area contributed by atoms with Crippen LogP contribution in [-0.4, -0.2) is 31.4 Å². The van der Waals surface area contributed by atoms with Crippen LogP contribution in [0.15, 0.2) is 6.07 Å². The summed E-state index contributed by atoms with van der Waals surface area (Å²) in [6.07, 6.45) is 2.52. The Labute approximate surface area is 135 Å². The molecule has 0 aromatic heterocycles. The summed E-state index contributed by atoms with van der Waals surface area (Å²) in [4.78, 5) is 37.8. The summed E-state index contributed by atoms with van der Waals surface area (Å²) < 4.78 is 4.85. The topological polar surface area (TPSA) is 89.7 Å². The zero-order chi connectivity index (χ0) is 17.1. The maximum atomic E-state index is 12.2. The van der Waals surface area contributed by atoms with Gasteiger partial charge in [-0.2, -0.15) is 0 Å². The standard InChI is InChI=1S/C17H22N2O4/c1-4-6-11-12(17(22)23-3)9-13(10(2)15(11)16(18)21)19-8-5-7-14(19)20/h9H,4-8H2,1-3H3,(H2,18,21). The average molecular weight is 318 g/mol.